The number of rotatable bonds is 4. The highest BCUT2D eigenvalue weighted by Crippen LogP contribution is 2.27. The van der Waals surface area contributed by atoms with Crippen molar-refractivity contribution >= 4 is 22.6 Å². The van der Waals surface area contributed by atoms with Crippen molar-refractivity contribution in [3.8, 4) is 11.4 Å². The highest BCUT2D eigenvalue weighted by atomic mass is 127. The predicted octanol–water partition coefficient (Wildman–Crippen LogP) is 4.13. The van der Waals surface area contributed by atoms with E-state index >= 15 is 0 Å². The van der Waals surface area contributed by atoms with E-state index in [1.54, 1.807) is 0 Å². The number of hydrogen-bond acceptors (Lipinski definition) is 2. The normalized spacial score (nSPS) is 16.1. The van der Waals surface area contributed by atoms with Gasteiger partial charge in [0.25, 0.3) is 0 Å². The highest BCUT2D eigenvalue weighted by Gasteiger charge is 2.15. The van der Waals surface area contributed by atoms with Gasteiger partial charge in [0.2, 0.25) is 0 Å². The van der Waals surface area contributed by atoms with Gasteiger partial charge in [-0.3, -0.25) is 4.68 Å². The molecule has 3 rings (SSSR count). The first kappa shape index (κ1) is 13.1. The number of aryl methyl sites for hydroxylation is 1. The molecule has 0 aliphatic heterocycles. The molecule has 0 amide bonds. The van der Waals surface area contributed by atoms with Gasteiger partial charge in [-0.05, 0) is 47.1 Å². The minimum absolute atomic E-state index is 0.838. The van der Waals surface area contributed by atoms with Crippen LogP contribution in [0.25, 0.3) is 11.4 Å². The minimum atomic E-state index is 0.838. The first-order chi connectivity index (χ1) is 9.31. The van der Waals surface area contributed by atoms with Crippen LogP contribution in [-0.2, 0) is 6.54 Å². The van der Waals surface area contributed by atoms with Crippen molar-refractivity contribution in [3.63, 3.8) is 0 Å². The molecule has 0 unspecified atom stereocenters. The van der Waals surface area contributed by atoms with E-state index in [4.69, 9.17) is 0 Å². The summed E-state index contributed by atoms with van der Waals surface area (Å²) in [6.07, 6.45) is 8.74. The van der Waals surface area contributed by atoms with Crippen molar-refractivity contribution in [2.24, 2.45) is 5.92 Å². The van der Waals surface area contributed by atoms with Crippen molar-refractivity contribution in [2.75, 3.05) is 0 Å². The fourth-order valence-electron chi connectivity index (χ4n) is 2.78. The smallest absolute Gasteiger partial charge is 0.181 e. The second kappa shape index (κ2) is 6.03. The Morgan fingerprint density at radius 1 is 1.26 bits per heavy atom. The van der Waals surface area contributed by atoms with Crippen LogP contribution in [0, 0.1) is 9.49 Å². The second-order valence-corrected chi connectivity index (χ2v) is 6.53. The van der Waals surface area contributed by atoms with E-state index in [1.807, 2.05) is 11.0 Å². The van der Waals surface area contributed by atoms with Gasteiger partial charge in [-0.25, -0.2) is 4.98 Å². The Hall–Kier alpha value is -0.910. The molecule has 0 atom stereocenters. The zero-order valence-corrected chi connectivity index (χ0v) is 13.1. The Labute approximate surface area is 127 Å². The maximum Gasteiger partial charge on any atom is 0.181 e. The van der Waals surface area contributed by atoms with Gasteiger partial charge < -0.3 is 0 Å². The van der Waals surface area contributed by atoms with Crippen molar-refractivity contribution in [2.45, 2.75) is 38.6 Å². The summed E-state index contributed by atoms with van der Waals surface area (Å²) in [7, 11) is 0. The first-order valence-electron chi connectivity index (χ1n) is 6.96. The van der Waals surface area contributed by atoms with E-state index in [1.165, 1.54) is 35.7 Å². The summed E-state index contributed by atoms with van der Waals surface area (Å²) in [5, 5.41) is 4.58. The van der Waals surface area contributed by atoms with Crippen molar-refractivity contribution in [1.29, 1.82) is 0 Å². The standard InChI is InChI=1S/C15H18IN3/c16-14-7-3-6-13(10-14)15-17-11-19(18-15)9-8-12-4-1-2-5-12/h3,6-7,10-12H,1-2,4-5,8-9H2. The molecule has 2 aromatic rings. The van der Waals surface area contributed by atoms with E-state index in [0.29, 0.717) is 0 Å². The summed E-state index contributed by atoms with van der Waals surface area (Å²) < 4.78 is 3.21. The van der Waals surface area contributed by atoms with E-state index in [-0.39, 0.29) is 0 Å². The molecule has 0 saturated heterocycles. The monoisotopic (exact) mass is 367 g/mol. The van der Waals surface area contributed by atoms with E-state index in [0.717, 1.165) is 23.9 Å². The fourth-order valence-corrected chi connectivity index (χ4v) is 3.32. The summed E-state index contributed by atoms with van der Waals surface area (Å²) in [6, 6.07) is 8.33. The Morgan fingerprint density at radius 2 is 2.11 bits per heavy atom. The lowest BCUT2D eigenvalue weighted by molar-refractivity contribution is 0.439. The van der Waals surface area contributed by atoms with Crippen molar-refractivity contribution < 1.29 is 0 Å². The molecule has 0 bridgehead atoms. The number of benzene rings is 1. The third-order valence-corrected chi connectivity index (χ3v) is 4.53. The number of hydrogen-bond donors (Lipinski definition) is 0. The quantitative estimate of drug-likeness (QED) is 0.761. The van der Waals surface area contributed by atoms with Gasteiger partial charge in [-0.1, -0.05) is 37.8 Å². The summed E-state index contributed by atoms with van der Waals surface area (Å²) >= 11 is 2.32. The summed E-state index contributed by atoms with van der Waals surface area (Å²) in [4.78, 5) is 4.42. The number of aromatic nitrogens is 3. The average Bonchev–Trinajstić information content (AvgIpc) is 3.08. The Bertz CT molecular complexity index is 544. The third kappa shape index (κ3) is 3.35. The van der Waals surface area contributed by atoms with Crippen LogP contribution >= 0.6 is 22.6 Å². The third-order valence-electron chi connectivity index (χ3n) is 3.86. The van der Waals surface area contributed by atoms with Crippen LogP contribution < -0.4 is 0 Å². The lowest BCUT2D eigenvalue weighted by Crippen LogP contribution is -2.04. The molecule has 19 heavy (non-hydrogen) atoms. The van der Waals surface area contributed by atoms with Crippen molar-refractivity contribution in [3.05, 3.63) is 34.2 Å². The summed E-state index contributed by atoms with van der Waals surface area (Å²) in [5.74, 6) is 1.75. The van der Waals surface area contributed by atoms with Crippen molar-refractivity contribution in [1.82, 2.24) is 14.8 Å². The Morgan fingerprint density at radius 3 is 2.89 bits per heavy atom. The lowest BCUT2D eigenvalue weighted by Gasteiger charge is -2.07. The molecule has 1 aromatic carbocycles. The molecule has 1 aromatic heterocycles. The SMILES string of the molecule is Ic1cccc(-c2ncn(CCC3CCCC3)n2)c1. The molecule has 0 N–H and O–H groups in total. The van der Waals surface area contributed by atoms with Crippen LogP contribution in [0.1, 0.15) is 32.1 Å². The van der Waals surface area contributed by atoms with Crippen LogP contribution in [0.3, 0.4) is 0 Å². The maximum atomic E-state index is 4.58. The molecule has 100 valence electrons. The molecule has 1 aliphatic rings. The van der Waals surface area contributed by atoms with Gasteiger partial charge in [-0.2, -0.15) is 5.10 Å². The van der Waals surface area contributed by atoms with Crippen LogP contribution in [-0.4, -0.2) is 14.8 Å². The number of nitrogens with zero attached hydrogens (tertiary/aromatic N) is 3. The molecule has 3 nitrogen and oxygen atoms in total. The predicted molar refractivity (Wildman–Crippen MR) is 84.8 cm³/mol. The summed E-state index contributed by atoms with van der Waals surface area (Å²) in [5.41, 5.74) is 1.10. The fraction of sp³-hybridized carbons (Fsp3) is 0.467. The molecule has 1 aliphatic carbocycles. The van der Waals surface area contributed by atoms with Crippen LogP contribution in [0.4, 0.5) is 0 Å². The van der Waals surface area contributed by atoms with E-state index < -0.39 is 0 Å². The molecule has 0 spiro atoms. The average molecular weight is 367 g/mol. The molecule has 1 saturated carbocycles. The van der Waals surface area contributed by atoms with E-state index in [9.17, 15) is 0 Å². The first-order valence-corrected chi connectivity index (χ1v) is 8.04. The largest absolute Gasteiger partial charge is 0.252 e. The van der Waals surface area contributed by atoms with E-state index in [2.05, 4.69) is 56.9 Å². The Kier molecular flexibility index (Phi) is 4.15. The minimum Gasteiger partial charge on any atom is -0.252 e. The molecule has 1 fully saturated rings. The van der Waals surface area contributed by atoms with Gasteiger partial charge in [0.05, 0.1) is 0 Å². The van der Waals surface area contributed by atoms with Gasteiger partial charge >= 0.3 is 0 Å². The molecular weight excluding hydrogens is 349 g/mol. The Balaban J connectivity index is 1.65. The van der Waals surface area contributed by atoms with Gasteiger partial charge in [0.1, 0.15) is 6.33 Å². The molecule has 4 heteroatoms. The molecular formula is C15H18IN3. The molecule has 0 radical (unpaired) electrons. The zero-order chi connectivity index (χ0) is 13.1. The van der Waals surface area contributed by atoms with Crippen LogP contribution in [0.5, 0.6) is 0 Å². The van der Waals surface area contributed by atoms with Gasteiger partial charge in [0.15, 0.2) is 5.82 Å². The number of halogens is 1. The van der Waals surface area contributed by atoms with Gasteiger partial charge in [-0.15, -0.1) is 0 Å². The lowest BCUT2D eigenvalue weighted by atomic mass is 10.0. The maximum absolute atomic E-state index is 4.58. The zero-order valence-electron chi connectivity index (χ0n) is 10.9. The van der Waals surface area contributed by atoms with Crippen LogP contribution in [0.15, 0.2) is 30.6 Å². The highest BCUT2D eigenvalue weighted by molar-refractivity contribution is 14.1. The second-order valence-electron chi connectivity index (χ2n) is 5.28. The van der Waals surface area contributed by atoms with Gasteiger partial charge in [0, 0.05) is 15.7 Å². The topological polar surface area (TPSA) is 30.7 Å². The molecule has 1 heterocycles. The van der Waals surface area contributed by atoms with Crippen LogP contribution in [0.2, 0.25) is 0 Å². The summed E-state index contributed by atoms with van der Waals surface area (Å²) in [6.45, 7) is 1.00.